The Morgan fingerprint density at radius 1 is 1.35 bits per heavy atom. The molecule has 1 fully saturated rings. The van der Waals surface area contributed by atoms with Gasteiger partial charge in [0.1, 0.15) is 0 Å². The summed E-state index contributed by atoms with van der Waals surface area (Å²) in [6, 6.07) is 1.42. The van der Waals surface area contributed by atoms with Crippen molar-refractivity contribution in [1.82, 2.24) is 20.2 Å². The second-order valence-corrected chi connectivity index (χ2v) is 5.73. The molecule has 3 N–H and O–H groups in total. The molecule has 0 radical (unpaired) electrons. The van der Waals surface area contributed by atoms with Crippen molar-refractivity contribution in [1.29, 1.82) is 0 Å². The fourth-order valence-electron chi connectivity index (χ4n) is 2.63. The van der Waals surface area contributed by atoms with Crippen molar-refractivity contribution in [2.24, 2.45) is 5.92 Å². The summed E-state index contributed by atoms with van der Waals surface area (Å²) in [5.41, 5.74) is 0.429. The Balaban J connectivity index is 1.69. The second kappa shape index (κ2) is 7.75. The Hall–Kier alpha value is -2.38. The minimum atomic E-state index is -0.207. The van der Waals surface area contributed by atoms with Crippen LogP contribution in [0.4, 0.5) is 5.95 Å². The minimum Gasteiger partial charge on any atom is -0.354 e. The van der Waals surface area contributed by atoms with Gasteiger partial charge in [-0.1, -0.05) is 0 Å². The SMILES string of the molecule is CC(=O)N1CCC(C(=O)NCCNc2nc(C)cc(=O)[nH]2)CC1. The zero-order valence-corrected chi connectivity index (χ0v) is 13.5. The molecule has 0 atom stereocenters. The molecule has 1 saturated heterocycles. The number of aromatic amines is 1. The summed E-state index contributed by atoms with van der Waals surface area (Å²) >= 11 is 0. The first-order chi connectivity index (χ1) is 11.0. The average molecular weight is 321 g/mol. The van der Waals surface area contributed by atoms with E-state index in [-0.39, 0.29) is 23.3 Å². The molecule has 2 rings (SSSR count). The first-order valence-corrected chi connectivity index (χ1v) is 7.81. The van der Waals surface area contributed by atoms with Gasteiger partial charge in [0.05, 0.1) is 0 Å². The van der Waals surface area contributed by atoms with Gasteiger partial charge in [0, 0.05) is 50.8 Å². The quantitative estimate of drug-likeness (QED) is 0.655. The molecule has 8 heteroatoms. The van der Waals surface area contributed by atoms with Crippen molar-refractivity contribution < 1.29 is 9.59 Å². The van der Waals surface area contributed by atoms with Gasteiger partial charge in [-0.05, 0) is 19.8 Å². The van der Waals surface area contributed by atoms with Gasteiger partial charge in [0.25, 0.3) is 5.56 Å². The lowest BCUT2D eigenvalue weighted by molar-refractivity contribution is -0.133. The lowest BCUT2D eigenvalue weighted by Gasteiger charge is -2.30. The molecule has 2 heterocycles. The van der Waals surface area contributed by atoms with Crippen LogP contribution in [0.2, 0.25) is 0 Å². The summed E-state index contributed by atoms with van der Waals surface area (Å²) in [6.07, 6.45) is 1.40. The molecule has 0 aliphatic carbocycles. The van der Waals surface area contributed by atoms with E-state index < -0.39 is 0 Å². The van der Waals surface area contributed by atoms with Crippen LogP contribution in [-0.2, 0) is 9.59 Å². The van der Waals surface area contributed by atoms with Crippen molar-refractivity contribution in [3.63, 3.8) is 0 Å². The number of H-pyrrole nitrogens is 1. The molecule has 1 aromatic heterocycles. The third kappa shape index (κ3) is 5.08. The van der Waals surface area contributed by atoms with Gasteiger partial charge < -0.3 is 15.5 Å². The van der Waals surface area contributed by atoms with E-state index in [1.165, 1.54) is 6.07 Å². The monoisotopic (exact) mass is 321 g/mol. The van der Waals surface area contributed by atoms with E-state index in [0.717, 1.165) is 0 Å². The summed E-state index contributed by atoms with van der Waals surface area (Å²) in [7, 11) is 0. The molecule has 0 aromatic carbocycles. The van der Waals surface area contributed by atoms with Crippen LogP contribution in [0.5, 0.6) is 0 Å². The molecular formula is C15H23N5O3. The van der Waals surface area contributed by atoms with Crippen LogP contribution < -0.4 is 16.2 Å². The van der Waals surface area contributed by atoms with Crippen LogP contribution in [-0.4, -0.2) is 52.9 Å². The fraction of sp³-hybridized carbons (Fsp3) is 0.600. The molecular weight excluding hydrogens is 298 g/mol. The molecule has 1 aliphatic rings. The van der Waals surface area contributed by atoms with Gasteiger partial charge in [-0.15, -0.1) is 0 Å². The number of nitrogens with zero attached hydrogens (tertiary/aromatic N) is 2. The number of carbonyl (C=O) groups is 2. The summed E-state index contributed by atoms with van der Waals surface area (Å²) in [6.45, 7) is 5.50. The minimum absolute atomic E-state index is 0.0145. The Bertz CT molecular complexity index is 620. The van der Waals surface area contributed by atoms with Gasteiger partial charge in [-0.3, -0.25) is 19.4 Å². The van der Waals surface area contributed by atoms with Crippen molar-refractivity contribution in [2.45, 2.75) is 26.7 Å². The Kier molecular flexibility index (Phi) is 5.72. The van der Waals surface area contributed by atoms with Crippen molar-refractivity contribution >= 4 is 17.8 Å². The molecule has 1 aliphatic heterocycles. The highest BCUT2D eigenvalue weighted by Crippen LogP contribution is 2.17. The van der Waals surface area contributed by atoms with Gasteiger partial charge in [-0.25, -0.2) is 4.98 Å². The maximum absolute atomic E-state index is 12.1. The summed E-state index contributed by atoms with van der Waals surface area (Å²) < 4.78 is 0. The Labute approximate surface area is 134 Å². The zero-order valence-electron chi connectivity index (χ0n) is 13.5. The molecule has 0 spiro atoms. The number of piperidine rings is 1. The van der Waals surface area contributed by atoms with E-state index in [1.807, 2.05) is 0 Å². The topological polar surface area (TPSA) is 107 Å². The highest BCUT2D eigenvalue weighted by atomic mass is 16.2. The molecule has 23 heavy (non-hydrogen) atoms. The molecule has 0 saturated carbocycles. The van der Waals surface area contributed by atoms with Gasteiger partial charge in [0.15, 0.2) is 0 Å². The van der Waals surface area contributed by atoms with Crippen LogP contribution in [0.1, 0.15) is 25.5 Å². The van der Waals surface area contributed by atoms with Gasteiger partial charge in [-0.2, -0.15) is 0 Å². The predicted molar refractivity (Wildman–Crippen MR) is 86.1 cm³/mol. The van der Waals surface area contributed by atoms with Crippen LogP contribution >= 0.6 is 0 Å². The zero-order chi connectivity index (χ0) is 16.8. The van der Waals surface area contributed by atoms with Gasteiger partial charge >= 0.3 is 0 Å². The summed E-state index contributed by atoms with van der Waals surface area (Å²) in [4.78, 5) is 43.1. The number of anilines is 1. The van der Waals surface area contributed by atoms with Crippen LogP contribution in [0, 0.1) is 12.8 Å². The average Bonchev–Trinajstić information content (AvgIpc) is 2.50. The summed E-state index contributed by atoms with van der Waals surface area (Å²) in [5.74, 6) is 0.440. The lowest BCUT2D eigenvalue weighted by Crippen LogP contribution is -2.43. The third-order valence-electron chi connectivity index (χ3n) is 3.90. The van der Waals surface area contributed by atoms with Crippen LogP contribution in [0.15, 0.2) is 10.9 Å². The van der Waals surface area contributed by atoms with E-state index in [4.69, 9.17) is 0 Å². The van der Waals surface area contributed by atoms with Crippen molar-refractivity contribution in [3.05, 3.63) is 22.1 Å². The molecule has 126 valence electrons. The molecule has 0 bridgehead atoms. The van der Waals surface area contributed by atoms with Crippen molar-refractivity contribution in [3.8, 4) is 0 Å². The highest BCUT2D eigenvalue weighted by Gasteiger charge is 2.25. The number of aryl methyl sites for hydroxylation is 1. The summed E-state index contributed by atoms with van der Waals surface area (Å²) in [5, 5.41) is 5.84. The smallest absolute Gasteiger partial charge is 0.252 e. The second-order valence-electron chi connectivity index (χ2n) is 5.73. The van der Waals surface area contributed by atoms with Crippen LogP contribution in [0.25, 0.3) is 0 Å². The van der Waals surface area contributed by atoms with E-state index in [1.54, 1.807) is 18.7 Å². The normalized spacial score (nSPS) is 15.3. The Morgan fingerprint density at radius 2 is 2.04 bits per heavy atom. The first kappa shape index (κ1) is 17.0. The number of carbonyl (C=O) groups excluding carboxylic acids is 2. The molecule has 1 aromatic rings. The number of rotatable bonds is 5. The van der Waals surface area contributed by atoms with E-state index in [0.29, 0.717) is 50.7 Å². The van der Waals surface area contributed by atoms with Gasteiger partial charge in [0.2, 0.25) is 17.8 Å². The molecule has 2 amide bonds. The number of hydrogen-bond acceptors (Lipinski definition) is 5. The van der Waals surface area contributed by atoms with E-state index >= 15 is 0 Å². The highest BCUT2D eigenvalue weighted by molar-refractivity contribution is 5.79. The number of likely N-dealkylation sites (tertiary alicyclic amines) is 1. The van der Waals surface area contributed by atoms with Crippen LogP contribution in [0.3, 0.4) is 0 Å². The lowest BCUT2D eigenvalue weighted by atomic mass is 9.96. The molecule has 8 nitrogen and oxygen atoms in total. The fourth-order valence-corrected chi connectivity index (χ4v) is 2.63. The Morgan fingerprint density at radius 3 is 2.65 bits per heavy atom. The molecule has 0 unspecified atom stereocenters. The number of aromatic nitrogens is 2. The van der Waals surface area contributed by atoms with E-state index in [9.17, 15) is 14.4 Å². The number of nitrogens with one attached hydrogen (secondary N) is 3. The first-order valence-electron chi connectivity index (χ1n) is 7.81. The number of amides is 2. The standard InChI is InChI=1S/C15H23N5O3/c1-10-9-13(22)19-15(18-10)17-6-5-16-14(23)12-3-7-20(8-4-12)11(2)21/h9,12H,3-8H2,1-2H3,(H,16,23)(H2,17,18,19,22). The number of hydrogen-bond donors (Lipinski definition) is 3. The maximum atomic E-state index is 12.1. The van der Waals surface area contributed by atoms with E-state index in [2.05, 4.69) is 20.6 Å². The third-order valence-corrected chi connectivity index (χ3v) is 3.90. The maximum Gasteiger partial charge on any atom is 0.252 e. The predicted octanol–water partition coefficient (Wildman–Crippen LogP) is -0.135. The van der Waals surface area contributed by atoms with Crippen molar-refractivity contribution in [2.75, 3.05) is 31.5 Å². The largest absolute Gasteiger partial charge is 0.354 e.